The molecule has 0 radical (unpaired) electrons. The molecule has 1 saturated heterocycles. The molecule has 5 nitrogen and oxygen atoms in total. The largest absolute Gasteiger partial charge is 0.355 e. The number of benzene rings is 1. The van der Waals surface area contributed by atoms with Gasteiger partial charge in [-0.25, -0.2) is 0 Å². The van der Waals surface area contributed by atoms with Crippen LogP contribution in [0.5, 0.6) is 0 Å². The van der Waals surface area contributed by atoms with E-state index in [-0.39, 0.29) is 17.7 Å². The topological polar surface area (TPSA) is 52.7 Å². The molecule has 1 aromatic rings. The van der Waals surface area contributed by atoms with Crippen LogP contribution in [0.15, 0.2) is 30.3 Å². The summed E-state index contributed by atoms with van der Waals surface area (Å²) in [4.78, 5) is 27.7. The van der Waals surface area contributed by atoms with Gasteiger partial charge < -0.3 is 10.2 Å². The van der Waals surface area contributed by atoms with Gasteiger partial charge in [-0.05, 0) is 37.9 Å². The van der Waals surface area contributed by atoms with Gasteiger partial charge >= 0.3 is 0 Å². The van der Waals surface area contributed by atoms with Gasteiger partial charge in [0.05, 0.1) is 6.54 Å². The molecule has 0 aliphatic carbocycles. The van der Waals surface area contributed by atoms with Crippen LogP contribution in [0.3, 0.4) is 0 Å². The number of hydrogen-bond acceptors (Lipinski definition) is 3. The lowest BCUT2D eigenvalue weighted by atomic mass is 9.95. The Morgan fingerprint density at radius 3 is 2.43 bits per heavy atom. The van der Waals surface area contributed by atoms with Gasteiger partial charge in [0.15, 0.2) is 0 Å². The third-order valence-electron chi connectivity index (χ3n) is 4.32. The van der Waals surface area contributed by atoms with Gasteiger partial charge in [-0.15, -0.1) is 0 Å². The van der Waals surface area contributed by atoms with Crippen molar-refractivity contribution in [3.05, 3.63) is 35.9 Å². The number of hydrogen-bond donors (Lipinski definition) is 1. The van der Waals surface area contributed by atoms with Crippen molar-refractivity contribution in [1.82, 2.24) is 15.1 Å². The molecule has 1 aliphatic rings. The molecule has 0 atom stereocenters. The van der Waals surface area contributed by atoms with Crippen LogP contribution in [-0.2, 0) is 16.0 Å². The highest BCUT2D eigenvalue weighted by Gasteiger charge is 2.26. The van der Waals surface area contributed by atoms with Crippen LogP contribution in [0, 0.1) is 5.92 Å². The van der Waals surface area contributed by atoms with Crippen molar-refractivity contribution in [2.24, 2.45) is 5.92 Å². The van der Waals surface area contributed by atoms with Gasteiger partial charge in [0.1, 0.15) is 0 Å². The van der Waals surface area contributed by atoms with Gasteiger partial charge in [-0.1, -0.05) is 30.3 Å². The molecule has 2 amide bonds. The highest BCUT2D eigenvalue weighted by molar-refractivity contribution is 5.79. The third-order valence-corrected chi connectivity index (χ3v) is 4.32. The van der Waals surface area contributed by atoms with E-state index >= 15 is 0 Å². The van der Waals surface area contributed by atoms with Crippen molar-refractivity contribution in [3.63, 3.8) is 0 Å². The number of carbonyl (C=O) groups excluding carboxylic acids is 2. The average molecular weight is 317 g/mol. The van der Waals surface area contributed by atoms with E-state index in [1.54, 1.807) is 19.0 Å². The first-order chi connectivity index (χ1) is 11.1. The molecule has 1 fully saturated rings. The summed E-state index contributed by atoms with van der Waals surface area (Å²) < 4.78 is 0. The summed E-state index contributed by atoms with van der Waals surface area (Å²) >= 11 is 0. The molecule has 0 unspecified atom stereocenters. The molecule has 1 N–H and O–H groups in total. The summed E-state index contributed by atoms with van der Waals surface area (Å²) in [5.41, 5.74) is 1.23. The Balaban J connectivity index is 1.64. The Bertz CT molecular complexity index is 508. The van der Waals surface area contributed by atoms with E-state index in [4.69, 9.17) is 0 Å². The first-order valence-corrected chi connectivity index (χ1v) is 8.30. The Morgan fingerprint density at radius 2 is 1.83 bits per heavy atom. The van der Waals surface area contributed by atoms with E-state index in [1.165, 1.54) is 5.56 Å². The second-order valence-corrected chi connectivity index (χ2v) is 6.37. The van der Waals surface area contributed by atoms with Crippen LogP contribution in [0.4, 0.5) is 0 Å². The molecule has 1 aliphatic heterocycles. The number of rotatable bonds is 6. The molecule has 23 heavy (non-hydrogen) atoms. The van der Waals surface area contributed by atoms with E-state index in [0.717, 1.165) is 32.4 Å². The van der Waals surface area contributed by atoms with Crippen LogP contribution in [0.25, 0.3) is 0 Å². The lowest BCUT2D eigenvalue weighted by Gasteiger charge is -2.31. The van der Waals surface area contributed by atoms with Crippen LogP contribution < -0.4 is 5.32 Å². The minimum Gasteiger partial charge on any atom is -0.355 e. The maximum Gasteiger partial charge on any atom is 0.234 e. The fourth-order valence-corrected chi connectivity index (χ4v) is 2.95. The second kappa shape index (κ2) is 8.67. The summed E-state index contributed by atoms with van der Waals surface area (Å²) in [5.74, 6) is 0.387. The molecular formula is C18H27N3O2. The SMILES string of the molecule is CN(C)C(=O)C1CCN(CC(=O)NCCc2ccccc2)CC1. The molecule has 0 spiro atoms. The maximum atomic E-state index is 12.0. The standard InChI is InChI=1S/C18H27N3O2/c1-20(2)18(23)16-9-12-21(13-10-16)14-17(22)19-11-8-15-6-4-3-5-7-15/h3-7,16H,8-14H2,1-2H3,(H,19,22). The van der Waals surface area contributed by atoms with Crippen LogP contribution >= 0.6 is 0 Å². The molecule has 5 heteroatoms. The Kier molecular flexibility index (Phi) is 6.59. The number of likely N-dealkylation sites (tertiary alicyclic amines) is 1. The van der Waals surface area contributed by atoms with E-state index in [1.807, 2.05) is 18.2 Å². The predicted molar refractivity (Wildman–Crippen MR) is 91.0 cm³/mol. The lowest BCUT2D eigenvalue weighted by Crippen LogP contribution is -2.44. The molecule has 0 aromatic heterocycles. The zero-order valence-corrected chi connectivity index (χ0v) is 14.1. The van der Waals surface area contributed by atoms with Crippen molar-refractivity contribution < 1.29 is 9.59 Å². The van der Waals surface area contributed by atoms with Gasteiger partial charge in [-0.3, -0.25) is 14.5 Å². The molecular weight excluding hydrogens is 290 g/mol. The van der Waals surface area contributed by atoms with Crippen molar-refractivity contribution in [1.29, 1.82) is 0 Å². The first-order valence-electron chi connectivity index (χ1n) is 8.30. The van der Waals surface area contributed by atoms with Crippen molar-refractivity contribution >= 4 is 11.8 Å². The average Bonchev–Trinajstić information content (AvgIpc) is 2.56. The molecule has 2 rings (SSSR count). The van der Waals surface area contributed by atoms with E-state index < -0.39 is 0 Å². The molecule has 126 valence electrons. The quantitative estimate of drug-likeness (QED) is 0.856. The van der Waals surface area contributed by atoms with Gasteiger partial charge in [0.25, 0.3) is 0 Å². The molecule has 1 heterocycles. The van der Waals surface area contributed by atoms with Gasteiger partial charge in [0.2, 0.25) is 11.8 Å². The molecule has 0 bridgehead atoms. The zero-order valence-electron chi connectivity index (χ0n) is 14.1. The predicted octanol–water partition coefficient (Wildman–Crippen LogP) is 1.15. The first kappa shape index (κ1) is 17.5. The Hall–Kier alpha value is -1.88. The third kappa shape index (κ3) is 5.67. The van der Waals surface area contributed by atoms with Crippen LogP contribution in [-0.4, -0.2) is 61.9 Å². The summed E-state index contributed by atoms with van der Waals surface area (Å²) in [6.07, 6.45) is 2.54. The molecule has 1 aromatic carbocycles. The number of piperidine rings is 1. The van der Waals surface area contributed by atoms with Crippen molar-refractivity contribution in [2.75, 3.05) is 40.3 Å². The number of nitrogens with one attached hydrogen (secondary N) is 1. The molecule has 0 saturated carbocycles. The second-order valence-electron chi connectivity index (χ2n) is 6.37. The summed E-state index contributed by atoms with van der Waals surface area (Å²) in [6, 6.07) is 10.1. The fourth-order valence-electron chi connectivity index (χ4n) is 2.95. The van der Waals surface area contributed by atoms with Gasteiger partial charge in [-0.2, -0.15) is 0 Å². The van der Waals surface area contributed by atoms with E-state index in [9.17, 15) is 9.59 Å². The monoisotopic (exact) mass is 317 g/mol. The van der Waals surface area contributed by atoms with Crippen molar-refractivity contribution in [2.45, 2.75) is 19.3 Å². The van der Waals surface area contributed by atoms with Gasteiger partial charge in [0, 0.05) is 26.6 Å². The van der Waals surface area contributed by atoms with E-state index in [0.29, 0.717) is 13.1 Å². The zero-order chi connectivity index (χ0) is 16.7. The number of nitrogens with zero attached hydrogens (tertiary/aromatic N) is 2. The van der Waals surface area contributed by atoms with Crippen LogP contribution in [0.2, 0.25) is 0 Å². The number of carbonyl (C=O) groups is 2. The highest BCUT2D eigenvalue weighted by Crippen LogP contribution is 2.18. The smallest absolute Gasteiger partial charge is 0.234 e. The minimum atomic E-state index is 0.0679. The lowest BCUT2D eigenvalue weighted by molar-refractivity contribution is -0.134. The number of amides is 2. The Morgan fingerprint density at radius 1 is 1.17 bits per heavy atom. The summed E-state index contributed by atoms with van der Waals surface area (Å²) in [5, 5.41) is 2.97. The summed E-state index contributed by atoms with van der Waals surface area (Å²) in [6.45, 7) is 2.72. The normalized spacial score (nSPS) is 16.1. The van der Waals surface area contributed by atoms with Crippen molar-refractivity contribution in [3.8, 4) is 0 Å². The summed E-state index contributed by atoms with van der Waals surface area (Å²) in [7, 11) is 3.60. The van der Waals surface area contributed by atoms with Crippen LogP contribution in [0.1, 0.15) is 18.4 Å². The Labute approximate surface area is 138 Å². The van der Waals surface area contributed by atoms with E-state index in [2.05, 4.69) is 22.3 Å². The minimum absolute atomic E-state index is 0.0679. The fraction of sp³-hybridized carbons (Fsp3) is 0.556. The maximum absolute atomic E-state index is 12.0. The highest BCUT2D eigenvalue weighted by atomic mass is 16.2.